The summed E-state index contributed by atoms with van der Waals surface area (Å²) in [6.45, 7) is 20.7. The van der Waals surface area contributed by atoms with Gasteiger partial charge in [-0.3, -0.25) is 0 Å². The standard InChI is InChI=1S/C21H38N2OSi2/c1-21(2,3)26(8,9)22(4)19-11-10-12-20-18(19)13-14-23(20)17-24-15-16-25(5,6)7/h10-14H,15-17H2,1-9H3. The molecule has 0 aliphatic heterocycles. The number of anilines is 1. The molecule has 0 amide bonds. The lowest BCUT2D eigenvalue weighted by molar-refractivity contribution is 0.0902. The Morgan fingerprint density at radius 1 is 1.04 bits per heavy atom. The zero-order chi connectivity index (χ0) is 19.8. The summed E-state index contributed by atoms with van der Waals surface area (Å²) in [6.07, 6.45) is 2.17. The lowest BCUT2D eigenvalue weighted by atomic mass is 10.2. The largest absolute Gasteiger partial charge is 0.399 e. The van der Waals surface area contributed by atoms with E-state index in [1.54, 1.807) is 0 Å². The molecule has 0 fully saturated rings. The maximum absolute atomic E-state index is 5.98. The normalized spacial score (nSPS) is 13.4. The first kappa shape index (κ1) is 21.3. The summed E-state index contributed by atoms with van der Waals surface area (Å²) in [7, 11) is -0.372. The molecule has 0 bridgehead atoms. The van der Waals surface area contributed by atoms with Crippen LogP contribution in [0.3, 0.4) is 0 Å². The summed E-state index contributed by atoms with van der Waals surface area (Å²) in [5, 5.41) is 1.64. The molecule has 2 rings (SSSR count). The second-order valence-electron chi connectivity index (χ2n) is 10.2. The molecule has 0 unspecified atom stereocenters. The Bertz CT molecular complexity index is 739. The van der Waals surface area contributed by atoms with Gasteiger partial charge in [-0.05, 0) is 36.3 Å². The van der Waals surface area contributed by atoms with E-state index in [0.717, 1.165) is 6.61 Å². The van der Waals surface area contributed by atoms with E-state index in [2.05, 4.69) is 100 Å². The minimum atomic E-state index is -1.61. The summed E-state index contributed by atoms with van der Waals surface area (Å²) in [6, 6.07) is 10.1. The molecule has 0 aliphatic rings. The highest BCUT2D eigenvalue weighted by Gasteiger charge is 2.40. The predicted molar refractivity (Wildman–Crippen MR) is 122 cm³/mol. The van der Waals surface area contributed by atoms with Crippen LogP contribution in [0, 0.1) is 0 Å². The van der Waals surface area contributed by atoms with E-state index < -0.39 is 16.3 Å². The maximum Gasteiger partial charge on any atom is 0.155 e. The minimum Gasteiger partial charge on any atom is -0.399 e. The summed E-state index contributed by atoms with van der Waals surface area (Å²) >= 11 is 0. The zero-order valence-corrected chi connectivity index (χ0v) is 20.3. The molecule has 0 aliphatic carbocycles. The van der Waals surface area contributed by atoms with Crippen LogP contribution in [0.2, 0.25) is 43.8 Å². The molecule has 1 aromatic carbocycles. The Labute approximate surface area is 162 Å². The van der Waals surface area contributed by atoms with Gasteiger partial charge in [0.25, 0.3) is 0 Å². The van der Waals surface area contributed by atoms with Gasteiger partial charge in [-0.2, -0.15) is 0 Å². The van der Waals surface area contributed by atoms with Crippen LogP contribution in [-0.2, 0) is 11.5 Å². The molecule has 5 heteroatoms. The van der Waals surface area contributed by atoms with E-state index in [1.807, 2.05) is 0 Å². The molecule has 0 radical (unpaired) electrons. The van der Waals surface area contributed by atoms with E-state index in [0.29, 0.717) is 11.8 Å². The second-order valence-corrected chi connectivity index (χ2v) is 21.1. The third kappa shape index (κ3) is 4.62. The highest BCUT2D eigenvalue weighted by molar-refractivity contribution is 6.83. The smallest absolute Gasteiger partial charge is 0.155 e. The predicted octanol–water partition coefficient (Wildman–Crippen LogP) is 6.40. The monoisotopic (exact) mass is 390 g/mol. The number of hydrogen-bond acceptors (Lipinski definition) is 2. The number of benzene rings is 1. The van der Waals surface area contributed by atoms with Gasteiger partial charge in [-0.15, -0.1) is 0 Å². The van der Waals surface area contributed by atoms with Gasteiger partial charge in [-0.25, -0.2) is 0 Å². The molecule has 0 saturated heterocycles. The SMILES string of the molecule is CN(c1cccc2c1ccn2COCC[Si](C)(C)C)[Si](C)(C)C(C)(C)C. The van der Waals surface area contributed by atoms with Crippen molar-refractivity contribution in [3.63, 3.8) is 0 Å². The van der Waals surface area contributed by atoms with Crippen molar-refractivity contribution in [3.8, 4) is 0 Å². The van der Waals surface area contributed by atoms with Gasteiger partial charge in [0.05, 0.1) is 5.52 Å². The molecule has 26 heavy (non-hydrogen) atoms. The Hall–Kier alpha value is -1.05. The molecule has 2 aromatic rings. The van der Waals surface area contributed by atoms with E-state index in [4.69, 9.17) is 4.74 Å². The van der Waals surface area contributed by atoms with Gasteiger partial charge < -0.3 is 13.9 Å². The van der Waals surface area contributed by atoms with Crippen LogP contribution < -0.4 is 4.57 Å². The van der Waals surface area contributed by atoms with Gasteiger partial charge in [0.2, 0.25) is 0 Å². The summed E-state index contributed by atoms with van der Waals surface area (Å²) in [5.41, 5.74) is 2.61. The average molecular weight is 391 g/mol. The molecular weight excluding hydrogens is 352 g/mol. The third-order valence-corrected chi connectivity index (χ3v) is 13.3. The first-order valence-electron chi connectivity index (χ1n) is 9.74. The van der Waals surface area contributed by atoms with Crippen LogP contribution >= 0.6 is 0 Å². The molecule has 0 spiro atoms. The fourth-order valence-electron chi connectivity index (χ4n) is 2.96. The second kappa shape index (κ2) is 7.52. The molecule has 0 saturated carbocycles. The van der Waals surface area contributed by atoms with Crippen molar-refractivity contribution in [2.24, 2.45) is 0 Å². The van der Waals surface area contributed by atoms with Crippen LogP contribution in [0.4, 0.5) is 5.69 Å². The van der Waals surface area contributed by atoms with Gasteiger partial charge in [-0.1, -0.05) is 59.6 Å². The van der Waals surface area contributed by atoms with Crippen LogP contribution in [0.5, 0.6) is 0 Å². The average Bonchev–Trinajstić information content (AvgIpc) is 2.92. The van der Waals surface area contributed by atoms with Crippen LogP contribution in [0.25, 0.3) is 10.9 Å². The lowest BCUT2D eigenvalue weighted by Gasteiger charge is -2.45. The van der Waals surface area contributed by atoms with E-state index in [9.17, 15) is 0 Å². The van der Waals surface area contributed by atoms with Crippen LogP contribution in [0.15, 0.2) is 30.5 Å². The van der Waals surface area contributed by atoms with Gasteiger partial charge in [0.1, 0.15) is 6.73 Å². The number of ether oxygens (including phenoxy) is 1. The fraction of sp³-hybridized carbons (Fsp3) is 0.619. The molecule has 1 heterocycles. The quantitative estimate of drug-likeness (QED) is 0.402. The lowest BCUT2D eigenvalue weighted by Crippen LogP contribution is -2.53. The topological polar surface area (TPSA) is 17.4 Å². The first-order chi connectivity index (χ1) is 11.8. The third-order valence-electron chi connectivity index (χ3n) is 6.05. The van der Waals surface area contributed by atoms with Crippen molar-refractivity contribution in [2.75, 3.05) is 18.2 Å². The number of aromatic nitrogens is 1. The number of fused-ring (bicyclic) bond motifs is 1. The van der Waals surface area contributed by atoms with Gasteiger partial charge in [0, 0.05) is 32.0 Å². The van der Waals surface area contributed by atoms with Crippen molar-refractivity contribution in [2.45, 2.75) is 71.3 Å². The summed E-state index contributed by atoms with van der Waals surface area (Å²) in [5.74, 6) is 0. The number of rotatable bonds is 7. The van der Waals surface area contributed by atoms with Crippen molar-refractivity contribution >= 4 is 32.9 Å². The van der Waals surface area contributed by atoms with Gasteiger partial charge in [0.15, 0.2) is 8.24 Å². The first-order valence-corrected chi connectivity index (χ1v) is 16.4. The molecular formula is C21H38N2OSi2. The molecule has 0 N–H and O–H groups in total. The zero-order valence-electron chi connectivity index (χ0n) is 18.3. The van der Waals surface area contributed by atoms with Crippen molar-refractivity contribution in [3.05, 3.63) is 30.5 Å². The fourth-order valence-corrected chi connectivity index (χ4v) is 5.52. The minimum absolute atomic E-state index is 0.312. The highest BCUT2D eigenvalue weighted by atomic mass is 28.3. The molecule has 1 aromatic heterocycles. The molecule has 146 valence electrons. The highest BCUT2D eigenvalue weighted by Crippen LogP contribution is 2.41. The Kier molecular flexibility index (Phi) is 6.15. The molecule has 0 atom stereocenters. The Morgan fingerprint density at radius 2 is 1.69 bits per heavy atom. The van der Waals surface area contributed by atoms with Crippen molar-refractivity contribution in [1.29, 1.82) is 0 Å². The van der Waals surface area contributed by atoms with E-state index in [1.165, 1.54) is 22.6 Å². The molecule has 3 nitrogen and oxygen atoms in total. The Morgan fingerprint density at radius 3 is 2.27 bits per heavy atom. The Balaban J connectivity index is 2.23. The number of hydrogen-bond donors (Lipinski definition) is 0. The van der Waals surface area contributed by atoms with E-state index >= 15 is 0 Å². The summed E-state index contributed by atoms with van der Waals surface area (Å²) in [4.78, 5) is 0. The van der Waals surface area contributed by atoms with Crippen LogP contribution in [-0.4, -0.2) is 34.5 Å². The summed E-state index contributed by atoms with van der Waals surface area (Å²) < 4.78 is 10.8. The maximum atomic E-state index is 5.98. The van der Waals surface area contributed by atoms with Crippen LogP contribution in [0.1, 0.15) is 20.8 Å². The van der Waals surface area contributed by atoms with E-state index in [-0.39, 0.29) is 0 Å². The van der Waals surface area contributed by atoms with Gasteiger partial charge >= 0.3 is 0 Å². The van der Waals surface area contributed by atoms with Crippen molar-refractivity contribution in [1.82, 2.24) is 4.57 Å². The van der Waals surface area contributed by atoms with Crippen molar-refractivity contribution < 1.29 is 4.74 Å². The number of nitrogens with zero attached hydrogens (tertiary/aromatic N) is 2.